The van der Waals surface area contributed by atoms with Crippen LogP contribution in [0.4, 0.5) is 0 Å². The Morgan fingerprint density at radius 3 is 2.35 bits per heavy atom. The summed E-state index contributed by atoms with van der Waals surface area (Å²) < 4.78 is 10.8. The van der Waals surface area contributed by atoms with Gasteiger partial charge in [-0.15, -0.1) is 0 Å². The summed E-state index contributed by atoms with van der Waals surface area (Å²) in [5.74, 6) is 1.22. The van der Waals surface area contributed by atoms with E-state index in [4.69, 9.17) is 9.47 Å². The summed E-state index contributed by atoms with van der Waals surface area (Å²) in [4.78, 5) is 27.7. The van der Waals surface area contributed by atoms with Crippen molar-refractivity contribution in [3.63, 3.8) is 0 Å². The summed E-state index contributed by atoms with van der Waals surface area (Å²) in [6.07, 6.45) is 0.867. The van der Waals surface area contributed by atoms with Gasteiger partial charge >= 0.3 is 0 Å². The SMILES string of the molecule is Cc1ccc(CN(C(=O)CCc2ccc3c(c2)OCO3)C(C)C(=O)NC(C)(C)C)cc1. The Hall–Kier alpha value is -3.02. The zero-order valence-electron chi connectivity index (χ0n) is 19.0. The number of amides is 2. The molecule has 2 aromatic carbocycles. The van der Waals surface area contributed by atoms with Gasteiger partial charge in [0.2, 0.25) is 18.6 Å². The number of nitrogens with one attached hydrogen (secondary N) is 1. The second-order valence-electron chi connectivity index (χ2n) is 9.11. The minimum absolute atomic E-state index is 0.0604. The number of hydrogen-bond acceptors (Lipinski definition) is 4. The molecule has 0 bridgehead atoms. The van der Waals surface area contributed by atoms with E-state index in [9.17, 15) is 9.59 Å². The smallest absolute Gasteiger partial charge is 0.242 e. The summed E-state index contributed by atoms with van der Waals surface area (Å²) in [7, 11) is 0. The number of rotatable bonds is 7. The number of carbonyl (C=O) groups is 2. The van der Waals surface area contributed by atoms with Gasteiger partial charge in [-0.25, -0.2) is 0 Å². The van der Waals surface area contributed by atoms with Gasteiger partial charge in [-0.05, 0) is 64.3 Å². The number of aryl methyl sites for hydroxylation is 2. The molecule has 0 spiro atoms. The second-order valence-corrected chi connectivity index (χ2v) is 9.11. The Balaban J connectivity index is 1.72. The van der Waals surface area contributed by atoms with Gasteiger partial charge in [0, 0.05) is 18.5 Å². The zero-order valence-corrected chi connectivity index (χ0v) is 19.0. The maximum atomic E-state index is 13.2. The van der Waals surface area contributed by atoms with E-state index in [1.54, 1.807) is 11.8 Å². The number of carbonyl (C=O) groups excluding carboxylic acids is 2. The zero-order chi connectivity index (χ0) is 22.6. The largest absolute Gasteiger partial charge is 0.454 e. The molecule has 1 unspecified atom stereocenters. The maximum absolute atomic E-state index is 13.2. The van der Waals surface area contributed by atoms with E-state index in [2.05, 4.69) is 5.32 Å². The van der Waals surface area contributed by atoms with Crippen molar-refractivity contribution >= 4 is 11.8 Å². The van der Waals surface area contributed by atoms with Crippen molar-refractivity contribution < 1.29 is 19.1 Å². The predicted molar refractivity (Wildman–Crippen MR) is 120 cm³/mol. The van der Waals surface area contributed by atoms with E-state index in [1.165, 1.54) is 0 Å². The summed E-state index contributed by atoms with van der Waals surface area (Å²) in [5, 5.41) is 2.99. The van der Waals surface area contributed by atoms with Crippen molar-refractivity contribution in [1.29, 1.82) is 0 Å². The fourth-order valence-electron chi connectivity index (χ4n) is 3.44. The fraction of sp³-hybridized carbons (Fsp3) is 0.440. The predicted octanol–water partition coefficient (Wildman–Crippen LogP) is 3.99. The van der Waals surface area contributed by atoms with Gasteiger partial charge in [0.05, 0.1) is 0 Å². The molecule has 1 aliphatic rings. The molecule has 6 heteroatoms. The van der Waals surface area contributed by atoms with Crippen molar-refractivity contribution in [2.24, 2.45) is 0 Å². The third-order valence-electron chi connectivity index (χ3n) is 5.20. The molecule has 1 N–H and O–H groups in total. The highest BCUT2D eigenvalue weighted by Crippen LogP contribution is 2.32. The Morgan fingerprint density at radius 1 is 1.03 bits per heavy atom. The van der Waals surface area contributed by atoms with Gasteiger partial charge in [0.15, 0.2) is 11.5 Å². The van der Waals surface area contributed by atoms with Crippen molar-refractivity contribution in [3.8, 4) is 11.5 Å². The third-order valence-corrected chi connectivity index (χ3v) is 5.20. The van der Waals surface area contributed by atoms with Gasteiger partial charge in [0.25, 0.3) is 0 Å². The first-order chi connectivity index (χ1) is 14.6. The molecular formula is C25H32N2O4. The van der Waals surface area contributed by atoms with Crippen molar-refractivity contribution in [2.45, 2.75) is 65.6 Å². The summed E-state index contributed by atoms with van der Waals surface area (Å²) in [6, 6.07) is 13.2. The van der Waals surface area contributed by atoms with Crippen LogP contribution in [0.3, 0.4) is 0 Å². The minimum atomic E-state index is -0.579. The lowest BCUT2D eigenvalue weighted by Gasteiger charge is -2.31. The molecule has 1 heterocycles. The molecule has 0 radical (unpaired) electrons. The molecule has 0 fully saturated rings. The van der Waals surface area contributed by atoms with Crippen LogP contribution in [0.25, 0.3) is 0 Å². The number of fused-ring (bicyclic) bond motifs is 1. The van der Waals surface area contributed by atoms with Crippen molar-refractivity contribution in [2.75, 3.05) is 6.79 Å². The van der Waals surface area contributed by atoms with Crippen LogP contribution in [0.1, 0.15) is 50.8 Å². The Bertz CT molecular complexity index is 932. The van der Waals surface area contributed by atoms with Crippen molar-refractivity contribution in [1.82, 2.24) is 10.2 Å². The molecule has 1 atom stereocenters. The molecule has 0 saturated heterocycles. The molecule has 6 nitrogen and oxygen atoms in total. The van der Waals surface area contributed by atoms with Crippen LogP contribution in [0.2, 0.25) is 0 Å². The molecule has 3 rings (SSSR count). The molecule has 2 amide bonds. The van der Waals surface area contributed by atoms with E-state index in [-0.39, 0.29) is 24.1 Å². The minimum Gasteiger partial charge on any atom is -0.454 e. The fourth-order valence-corrected chi connectivity index (χ4v) is 3.44. The van der Waals surface area contributed by atoms with E-state index < -0.39 is 6.04 Å². The van der Waals surface area contributed by atoms with E-state index in [1.807, 2.05) is 70.2 Å². The summed E-state index contributed by atoms with van der Waals surface area (Å²) in [5.41, 5.74) is 2.79. The van der Waals surface area contributed by atoms with Gasteiger partial charge in [-0.2, -0.15) is 0 Å². The number of nitrogens with zero attached hydrogens (tertiary/aromatic N) is 1. The van der Waals surface area contributed by atoms with Gasteiger partial charge < -0.3 is 19.7 Å². The average molecular weight is 425 g/mol. The van der Waals surface area contributed by atoms with Crippen molar-refractivity contribution in [3.05, 3.63) is 59.2 Å². The first-order valence-electron chi connectivity index (χ1n) is 10.7. The molecule has 31 heavy (non-hydrogen) atoms. The lowest BCUT2D eigenvalue weighted by atomic mass is 10.1. The highest BCUT2D eigenvalue weighted by molar-refractivity contribution is 5.87. The van der Waals surface area contributed by atoms with Gasteiger partial charge in [-0.1, -0.05) is 35.9 Å². The Labute approximate surface area is 184 Å². The van der Waals surface area contributed by atoms with Crippen LogP contribution in [0.5, 0.6) is 11.5 Å². The molecule has 166 valence electrons. The van der Waals surface area contributed by atoms with Crippen LogP contribution >= 0.6 is 0 Å². The maximum Gasteiger partial charge on any atom is 0.242 e. The lowest BCUT2D eigenvalue weighted by molar-refractivity contribution is -0.141. The van der Waals surface area contributed by atoms with Crippen LogP contribution in [0, 0.1) is 6.92 Å². The quantitative estimate of drug-likeness (QED) is 0.730. The average Bonchev–Trinajstić information content (AvgIpc) is 3.17. The van der Waals surface area contributed by atoms with E-state index >= 15 is 0 Å². The first kappa shape index (κ1) is 22.7. The third kappa shape index (κ3) is 6.23. The standard InChI is InChI=1S/C25H32N2O4/c1-17-6-8-20(9-7-17)15-27(18(2)24(29)26-25(3,4)5)23(28)13-11-19-10-12-21-22(14-19)31-16-30-21/h6-10,12,14,18H,11,13,15-16H2,1-5H3,(H,26,29). The lowest BCUT2D eigenvalue weighted by Crippen LogP contribution is -2.52. The van der Waals surface area contributed by atoms with Crippen LogP contribution in [-0.2, 0) is 22.6 Å². The topological polar surface area (TPSA) is 67.9 Å². The molecule has 2 aromatic rings. The molecule has 0 aromatic heterocycles. The first-order valence-corrected chi connectivity index (χ1v) is 10.7. The molecule has 1 aliphatic heterocycles. The Kier molecular flexibility index (Phi) is 6.88. The molecule has 0 aliphatic carbocycles. The number of hydrogen-bond donors (Lipinski definition) is 1. The molecular weight excluding hydrogens is 392 g/mol. The highest BCUT2D eigenvalue weighted by atomic mass is 16.7. The number of benzene rings is 2. The second kappa shape index (κ2) is 9.41. The number of ether oxygens (including phenoxy) is 2. The van der Waals surface area contributed by atoms with Gasteiger partial charge in [0.1, 0.15) is 6.04 Å². The molecule has 0 saturated carbocycles. The summed E-state index contributed by atoms with van der Waals surface area (Å²) >= 11 is 0. The van der Waals surface area contributed by atoms with Crippen LogP contribution in [0.15, 0.2) is 42.5 Å². The van der Waals surface area contributed by atoms with Crippen LogP contribution < -0.4 is 14.8 Å². The normalized spacial score (nSPS) is 13.6. The monoisotopic (exact) mass is 424 g/mol. The van der Waals surface area contributed by atoms with E-state index in [0.29, 0.717) is 25.1 Å². The van der Waals surface area contributed by atoms with E-state index in [0.717, 1.165) is 22.4 Å². The summed E-state index contributed by atoms with van der Waals surface area (Å²) in [6.45, 7) is 10.2. The van der Waals surface area contributed by atoms with Crippen LogP contribution in [-0.4, -0.2) is 35.1 Å². The Morgan fingerprint density at radius 2 is 1.68 bits per heavy atom. The highest BCUT2D eigenvalue weighted by Gasteiger charge is 2.28. The van der Waals surface area contributed by atoms with Gasteiger partial charge in [-0.3, -0.25) is 9.59 Å².